The molecule has 25 heavy (non-hydrogen) atoms. The normalized spacial score (nSPS) is 11.2. The van der Waals surface area contributed by atoms with Crippen LogP contribution in [0.1, 0.15) is 5.76 Å². The molecule has 1 heterocycles. The molecule has 0 saturated carbocycles. The number of hydrogen-bond acceptors (Lipinski definition) is 3. The van der Waals surface area contributed by atoms with Crippen LogP contribution in [-0.2, 0) is 0 Å². The van der Waals surface area contributed by atoms with Gasteiger partial charge in [0.25, 0.3) is 0 Å². The molecule has 4 aromatic rings. The van der Waals surface area contributed by atoms with Crippen molar-refractivity contribution in [1.82, 2.24) is 0 Å². The molecule has 4 rings (SSSR count). The maximum Gasteiger partial charge on any atom is 0.147 e. The molecule has 0 amide bonds. The van der Waals surface area contributed by atoms with Crippen molar-refractivity contribution < 1.29 is 4.42 Å². The molecule has 0 radical (unpaired) electrons. The number of halogens is 1. The van der Waals surface area contributed by atoms with Crippen LogP contribution in [0.2, 0.25) is 0 Å². The van der Waals surface area contributed by atoms with E-state index in [0.717, 1.165) is 21.5 Å². The van der Waals surface area contributed by atoms with E-state index in [9.17, 15) is 0 Å². The fourth-order valence-electron chi connectivity index (χ4n) is 2.62. The van der Waals surface area contributed by atoms with Crippen LogP contribution in [0.15, 0.2) is 92.9 Å². The summed E-state index contributed by atoms with van der Waals surface area (Å²) in [7, 11) is 0. The Morgan fingerprint density at radius 3 is 2.48 bits per heavy atom. The summed E-state index contributed by atoms with van der Waals surface area (Å²) in [5.74, 6) is 1.52. The molecule has 0 fully saturated rings. The molecule has 1 N–H and O–H groups in total. The Balaban J connectivity index is 1.47. The van der Waals surface area contributed by atoms with Crippen LogP contribution in [0.5, 0.6) is 0 Å². The van der Waals surface area contributed by atoms with Crippen molar-refractivity contribution in [3.05, 3.63) is 89.1 Å². The quantitative estimate of drug-likeness (QED) is 0.327. The van der Waals surface area contributed by atoms with Gasteiger partial charge in [-0.3, -0.25) is 5.43 Å². The third-order valence-corrected chi connectivity index (χ3v) is 4.42. The predicted molar refractivity (Wildman–Crippen MR) is 107 cm³/mol. The van der Waals surface area contributed by atoms with Crippen molar-refractivity contribution >= 4 is 38.6 Å². The van der Waals surface area contributed by atoms with Crippen LogP contribution in [0.4, 0.5) is 5.69 Å². The number of rotatable bonds is 4. The second-order valence-corrected chi connectivity index (χ2v) is 6.56. The van der Waals surface area contributed by atoms with Gasteiger partial charge in [0.2, 0.25) is 0 Å². The summed E-state index contributed by atoms with van der Waals surface area (Å²) in [5, 5.41) is 6.65. The van der Waals surface area contributed by atoms with Crippen LogP contribution in [0.3, 0.4) is 0 Å². The average molecular weight is 391 g/mol. The summed E-state index contributed by atoms with van der Waals surface area (Å²) >= 11 is 3.43. The molecule has 1 aromatic heterocycles. The molecule has 0 unspecified atom stereocenters. The summed E-state index contributed by atoms with van der Waals surface area (Å²) < 4.78 is 6.86. The third-order valence-electron chi connectivity index (χ3n) is 3.89. The molecule has 0 aliphatic heterocycles. The van der Waals surface area contributed by atoms with E-state index in [1.807, 2.05) is 54.6 Å². The summed E-state index contributed by atoms with van der Waals surface area (Å²) in [5.41, 5.74) is 5.02. The van der Waals surface area contributed by atoms with Crippen LogP contribution in [0, 0.1) is 0 Å². The Labute approximate surface area is 154 Å². The Morgan fingerprint density at radius 2 is 1.64 bits per heavy atom. The zero-order valence-corrected chi connectivity index (χ0v) is 14.9. The smallest absolute Gasteiger partial charge is 0.147 e. The van der Waals surface area contributed by atoms with E-state index >= 15 is 0 Å². The lowest BCUT2D eigenvalue weighted by Crippen LogP contribution is -1.89. The van der Waals surface area contributed by atoms with E-state index in [1.165, 1.54) is 10.8 Å². The molecule has 0 saturated heterocycles. The lowest BCUT2D eigenvalue weighted by atomic mass is 10.1. The number of hydrazone groups is 1. The van der Waals surface area contributed by atoms with Crippen molar-refractivity contribution in [2.45, 2.75) is 0 Å². The van der Waals surface area contributed by atoms with Crippen molar-refractivity contribution in [1.29, 1.82) is 0 Å². The molecule has 0 aliphatic carbocycles. The number of benzene rings is 3. The second kappa shape index (κ2) is 6.95. The van der Waals surface area contributed by atoms with Crippen LogP contribution < -0.4 is 5.43 Å². The van der Waals surface area contributed by atoms with Crippen molar-refractivity contribution in [3.63, 3.8) is 0 Å². The number of hydrogen-bond donors (Lipinski definition) is 1. The fourth-order valence-corrected chi connectivity index (χ4v) is 2.89. The van der Waals surface area contributed by atoms with Gasteiger partial charge in [0, 0.05) is 10.0 Å². The van der Waals surface area contributed by atoms with E-state index < -0.39 is 0 Å². The lowest BCUT2D eigenvalue weighted by Gasteiger charge is -2.02. The Hall–Kier alpha value is -2.85. The van der Waals surface area contributed by atoms with Crippen molar-refractivity contribution in [2.24, 2.45) is 5.10 Å². The highest BCUT2D eigenvalue weighted by Gasteiger charge is 2.03. The van der Waals surface area contributed by atoms with E-state index in [2.05, 4.69) is 50.7 Å². The van der Waals surface area contributed by atoms with Gasteiger partial charge in [-0.15, -0.1) is 0 Å². The molecule has 0 spiro atoms. The SMILES string of the molecule is Brc1ccc(-c2ccc(/C=N\Nc3ccc4ccccc4c3)o2)cc1. The molecule has 0 bridgehead atoms. The average Bonchev–Trinajstić information content (AvgIpc) is 3.11. The van der Waals surface area contributed by atoms with Crippen LogP contribution in [-0.4, -0.2) is 6.21 Å². The minimum absolute atomic E-state index is 0.700. The van der Waals surface area contributed by atoms with Gasteiger partial charge in [-0.25, -0.2) is 0 Å². The van der Waals surface area contributed by atoms with Gasteiger partial charge in [0.05, 0.1) is 11.9 Å². The second-order valence-electron chi connectivity index (χ2n) is 5.64. The predicted octanol–water partition coefficient (Wildman–Crippen LogP) is 6.31. The van der Waals surface area contributed by atoms with Gasteiger partial charge < -0.3 is 4.42 Å². The molecule has 0 atom stereocenters. The van der Waals surface area contributed by atoms with E-state index in [1.54, 1.807) is 6.21 Å². The number of anilines is 1. The molecular formula is C21H15BrN2O. The lowest BCUT2D eigenvalue weighted by molar-refractivity contribution is 0.575. The third kappa shape index (κ3) is 3.64. The molecule has 3 nitrogen and oxygen atoms in total. The number of nitrogens with one attached hydrogen (secondary N) is 1. The molecule has 0 aliphatic rings. The first-order valence-corrected chi connectivity index (χ1v) is 8.71. The minimum Gasteiger partial charge on any atom is -0.455 e. The molecular weight excluding hydrogens is 376 g/mol. The highest BCUT2D eigenvalue weighted by atomic mass is 79.9. The maximum atomic E-state index is 5.81. The summed E-state index contributed by atoms with van der Waals surface area (Å²) in [6.45, 7) is 0. The topological polar surface area (TPSA) is 37.5 Å². The number of fused-ring (bicyclic) bond motifs is 1. The van der Waals surface area contributed by atoms with Crippen LogP contribution in [0.25, 0.3) is 22.1 Å². The van der Waals surface area contributed by atoms with E-state index in [4.69, 9.17) is 4.42 Å². The molecule has 4 heteroatoms. The van der Waals surface area contributed by atoms with Gasteiger partial charge in [0.15, 0.2) is 0 Å². The van der Waals surface area contributed by atoms with Gasteiger partial charge in [0.1, 0.15) is 11.5 Å². The number of furan rings is 1. The van der Waals surface area contributed by atoms with Gasteiger partial charge in [-0.2, -0.15) is 5.10 Å². The van der Waals surface area contributed by atoms with Gasteiger partial charge >= 0.3 is 0 Å². The maximum absolute atomic E-state index is 5.81. The largest absolute Gasteiger partial charge is 0.455 e. The monoisotopic (exact) mass is 390 g/mol. The first-order valence-electron chi connectivity index (χ1n) is 7.92. The first-order chi connectivity index (χ1) is 12.3. The summed E-state index contributed by atoms with van der Waals surface area (Å²) in [6.07, 6.45) is 1.68. The van der Waals surface area contributed by atoms with Gasteiger partial charge in [-0.1, -0.05) is 58.4 Å². The van der Waals surface area contributed by atoms with Gasteiger partial charge in [-0.05, 0) is 47.2 Å². The minimum atomic E-state index is 0.700. The Bertz CT molecular complexity index is 1040. The number of nitrogens with zero attached hydrogens (tertiary/aromatic N) is 1. The molecule has 3 aromatic carbocycles. The standard InChI is InChI=1S/C21H15BrN2O/c22-18-8-5-16(6-9-18)21-12-11-20(25-21)14-23-24-19-10-7-15-3-1-2-4-17(15)13-19/h1-14,24H/b23-14-. The fraction of sp³-hybridized carbons (Fsp3) is 0. The highest BCUT2D eigenvalue weighted by molar-refractivity contribution is 9.10. The Morgan fingerprint density at radius 1 is 0.840 bits per heavy atom. The van der Waals surface area contributed by atoms with Crippen molar-refractivity contribution in [2.75, 3.05) is 5.43 Å². The van der Waals surface area contributed by atoms with E-state index in [0.29, 0.717) is 5.76 Å². The van der Waals surface area contributed by atoms with Crippen LogP contribution >= 0.6 is 15.9 Å². The zero-order chi connectivity index (χ0) is 17.1. The Kier molecular flexibility index (Phi) is 4.36. The summed E-state index contributed by atoms with van der Waals surface area (Å²) in [6, 6.07) is 26.3. The summed E-state index contributed by atoms with van der Waals surface area (Å²) in [4.78, 5) is 0. The zero-order valence-electron chi connectivity index (χ0n) is 13.3. The highest BCUT2D eigenvalue weighted by Crippen LogP contribution is 2.23. The first kappa shape index (κ1) is 15.7. The molecule has 122 valence electrons. The van der Waals surface area contributed by atoms with Crippen molar-refractivity contribution in [3.8, 4) is 11.3 Å². The van der Waals surface area contributed by atoms with E-state index in [-0.39, 0.29) is 0 Å².